The zero-order valence-corrected chi connectivity index (χ0v) is 11.0. The van der Waals surface area contributed by atoms with Crippen molar-refractivity contribution in [1.29, 1.82) is 0 Å². The summed E-state index contributed by atoms with van der Waals surface area (Å²) in [4.78, 5) is 4.39. The first-order chi connectivity index (χ1) is 9.56. The van der Waals surface area contributed by atoms with Crippen LogP contribution in [-0.2, 0) is 6.18 Å². The summed E-state index contributed by atoms with van der Waals surface area (Å²) in [5.41, 5.74) is 0.799. The van der Waals surface area contributed by atoms with Crippen LogP contribution < -0.4 is 16.2 Å². The number of hydrogen-bond acceptors (Lipinski definition) is 4. The fraction of sp³-hybridized carbons (Fsp3) is 0.545. The molecule has 0 amide bonds. The van der Waals surface area contributed by atoms with Gasteiger partial charge in [-0.3, -0.25) is 0 Å². The van der Waals surface area contributed by atoms with Crippen molar-refractivity contribution in [3.05, 3.63) is 17.7 Å². The maximum Gasteiger partial charge on any atom is 0.416 e. The van der Waals surface area contributed by atoms with E-state index in [-0.39, 0.29) is 12.4 Å². The number of nitrogen functional groups attached to an aromatic ring is 1. The van der Waals surface area contributed by atoms with E-state index in [2.05, 4.69) is 4.98 Å². The van der Waals surface area contributed by atoms with Gasteiger partial charge in [0, 0.05) is 6.54 Å². The zero-order chi connectivity index (χ0) is 16.3. The predicted octanol–water partition coefficient (Wildman–Crippen LogP) is 3.16. The van der Waals surface area contributed by atoms with Gasteiger partial charge in [-0.2, -0.15) is 26.3 Å². The largest absolute Gasteiger partial charge is 0.416 e. The smallest absolute Gasteiger partial charge is 0.347 e. The molecule has 0 aliphatic carbocycles. The van der Waals surface area contributed by atoms with Crippen LogP contribution in [0, 0.1) is 0 Å². The third-order valence-electron chi connectivity index (χ3n) is 2.47. The van der Waals surface area contributed by atoms with E-state index in [0.29, 0.717) is 18.6 Å². The number of anilines is 2. The molecular formula is C11H14F6N4. The van der Waals surface area contributed by atoms with Crippen LogP contribution in [0.2, 0.25) is 0 Å². The Morgan fingerprint density at radius 3 is 2.24 bits per heavy atom. The number of nitrogens with two attached hydrogens (primary N) is 1. The first-order valence-electron chi connectivity index (χ1n) is 5.94. The highest BCUT2D eigenvalue weighted by atomic mass is 19.4. The number of alkyl halides is 6. The minimum atomic E-state index is -4.71. The molecule has 0 aromatic carbocycles. The lowest BCUT2D eigenvalue weighted by molar-refractivity contribution is -0.137. The number of pyridine rings is 1. The van der Waals surface area contributed by atoms with Gasteiger partial charge in [-0.15, -0.1) is 0 Å². The molecule has 0 unspecified atom stereocenters. The van der Waals surface area contributed by atoms with Gasteiger partial charge >= 0.3 is 12.4 Å². The minimum Gasteiger partial charge on any atom is -0.347 e. The van der Waals surface area contributed by atoms with Crippen LogP contribution >= 0.6 is 0 Å². The van der Waals surface area contributed by atoms with Gasteiger partial charge < -0.3 is 10.3 Å². The van der Waals surface area contributed by atoms with E-state index in [1.54, 1.807) is 6.92 Å². The Labute approximate surface area is 116 Å². The van der Waals surface area contributed by atoms with Gasteiger partial charge in [-0.1, -0.05) is 6.92 Å². The summed E-state index contributed by atoms with van der Waals surface area (Å²) in [6.07, 6.45) is -8.94. The van der Waals surface area contributed by atoms with Crippen LogP contribution in [0.15, 0.2) is 12.1 Å². The van der Waals surface area contributed by atoms with Crippen molar-refractivity contribution < 1.29 is 26.3 Å². The van der Waals surface area contributed by atoms with Crippen molar-refractivity contribution in [2.75, 3.05) is 23.4 Å². The summed E-state index contributed by atoms with van der Waals surface area (Å²) < 4.78 is 75.7. The van der Waals surface area contributed by atoms with E-state index in [4.69, 9.17) is 5.84 Å². The third-order valence-corrected chi connectivity index (χ3v) is 2.47. The summed E-state index contributed by atoms with van der Waals surface area (Å²) in [5.74, 6) is 4.22. The topological polar surface area (TPSA) is 54.2 Å². The molecule has 3 N–H and O–H groups in total. The SMILES string of the molecule is CCCN(CC(F)(F)F)c1cc(C(F)(F)F)cc(NN)n1. The Bertz CT molecular complexity index is 471. The zero-order valence-electron chi connectivity index (χ0n) is 11.0. The molecule has 0 bridgehead atoms. The first kappa shape index (κ1) is 17.3. The quantitative estimate of drug-likeness (QED) is 0.498. The van der Waals surface area contributed by atoms with Gasteiger partial charge in [-0.25, -0.2) is 10.8 Å². The lowest BCUT2D eigenvalue weighted by Crippen LogP contribution is -2.35. The van der Waals surface area contributed by atoms with E-state index >= 15 is 0 Å². The van der Waals surface area contributed by atoms with Gasteiger partial charge in [0.25, 0.3) is 0 Å². The van der Waals surface area contributed by atoms with Gasteiger partial charge in [0.15, 0.2) is 0 Å². The van der Waals surface area contributed by atoms with E-state index in [1.807, 2.05) is 5.43 Å². The van der Waals surface area contributed by atoms with Crippen molar-refractivity contribution >= 4 is 11.6 Å². The Balaban J connectivity index is 3.23. The van der Waals surface area contributed by atoms with Gasteiger partial charge in [0.1, 0.15) is 18.2 Å². The average Bonchev–Trinajstić information content (AvgIpc) is 2.35. The summed E-state index contributed by atoms with van der Waals surface area (Å²) in [6.45, 7) is 0.135. The molecule has 1 aromatic heterocycles. The Kier molecular flexibility index (Phi) is 5.26. The second kappa shape index (κ2) is 6.37. The van der Waals surface area contributed by atoms with Gasteiger partial charge in [-0.05, 0) is 18.6 Å². The first-order valence-corrected chi connectivity index (χ1v) is 5.94. The van der Waals surface area contributed by atoms with Gasteiger partial charge in [0.05, 0.1) is 5.56 Å². The molecule has 120 valence electrons. The fourth-order valence-corrected chi connectivity index (χ4v) is 1.68. The fourth-order valence-electron chi connectivity index (χ4n) is 1.68. The minimum absolute atomic E-state index is 0.0855. The molecule has 0 fully saturated rings. The van der Waals surface area contributed by atoms with Gasteiger partial charge in [0.2, 0.25) is 0 Å². The molecule has 10 heteroatoms. The van der Waals surface area contributed by atoms with Crippen LogP contribution in [0.5, 0.6) is 0 Å². The molecule has 0 aliphatic rings. The Morgan fingerprint density at radius 1 is 1.19 bits per heavy atom. The summed E-state index contributed by atoms with van der Waals surface area (Å²) in [5, 5.41) is 0. The molecule has 0 saturated carbocycles. The maximum atomic E-state index is 12.7. The standard InChI is InChI=1S/C11H14F6N4/c1-2-3-21(6-10(12,13)14)9-5-7(11(15,16)17)4-8(19-9)20-18/h4-5H,2-3,6,18H2,1H3,(H,19,20). The highest BCUT2D eigenvalue weighted by molar-refractivity contribution is 5.51. The lowest BCUT2D eigenvalue weighted by Gasteiger charge is -2.25. The second-order valence-electron chi connectivity index (χ2n) is 4.28. The van der Waals surface area contributed by atoms with Crippen molar-refractivity contribution in [3.63, 3.8) is 0 Å². The molecule has 0 radical (unpaired) electrons. The number of nitrogens with one attached hydrogen (secondary N) is 1. The number of hydrogen-bond donors (Lipinski definition) is 2. The predicted molar refractivity (Wildman–Crippen MR) is 65.6 cm³/mol. The summed E-state index contributed by atoms with van der Waals surface area (Å²) >= 11 is 0. The van der Waals surface area contributed by atoms with Crippen LogP contribution in [-0.4, -0.2) is 24.2 Å². The molecule has 1 heterocycles. The molecule has 4 nitrogen and oxygen atoms in total. The highest BCUT2D eigenvalue weighted by Gasteiger charge is 2.34. The molecule has 21 heavy (non-hydrogen) atoms. The molecule has 0 aliphatic heterocycles. The van der Waals surface area contributed by atoms with E-state index < -0.39 is 30.3 Å². The number of nitrogens with zero attached hydrogens (tertiary/aromatic N) is 2. The highest BCUT2D eigenvalue weighted by Crippen LogP contribution is 2.33. The maximum absolute atomic E-state index is 12.7. The number of aromatic nitrogens is 1. The monoisotopic (exact) mass is 316 g/mol. The van der Waals surface area contributed by atoms with Crippen LogP contribution in [0.4, 0.5) is 38.0 Å². The number of halogens is 6. The van der Waals surface area contributed by atoms with Crippen molar-refractivity contribution in [1.82, 2.24) is 4.98 Å². The Hall–Kier alpha value is -1.71. The van der Waals surface area contributed by atoms with Crippen molar-refractivity contribution in [2.45, 2.75) is 25.7 Å². The Morgan fingerprint density at radius 2 is 1.81 bits per heavy atom. The normalized spacial score (nSPS) is 12.4. The molecule has 0 saturated heterocycles. The van der Waals surface area contributed by atoms with E-state index in [1.165, 1.54) is 0 Å². The van der Waals surface area contributed by atoms with Crippen molar-refractivity contribution in [3.8, 4) is 0 Å². The van der Waals surface area contributed by atoms with Crippen LogP contribution in [0.25, 0.3) is 0 Å². The van der Waals surface area contributed by atoms with E-state index in [0.717, 1.165) is 4.90 Å². The molecule has 1 aromatic rings. The third kappa shape index (κ3) is 5.29. The van der Waals surface area contributed by atoms with Crippen LogP contribution in [0.3, 0.4) is 0 Å². The molecule has 1 rings (SSSR count). The molecule has 0 spiro atoms. The number of rotatable bonds is 5. The van der Waals surface area contributed by atoms with Crippen molar-refractivity contribution in [2.24, 2.45) is 5.84 Å². The average molecular weight is 316 g/mol. The molecule has 0 atom stereocenters. The summed E-state index contributed by atoms with van der Waals surface area (Å²) in [6, 6.07) is 1.20. The second-order valence-corrected chi connectivity index (χ2v) is 4.28. The molecular weight excluding hydrogens is 302 g/mol. The lowest BCUT2D eigenvalue weighted by atomic mass is 10.2. The van der Waals surface area contributed by atoms with E-state index in [9.17, 15) is 26.3 Å². The summed E-state index contributed by atoms with van der Waals surface area (Å²) in [7, 11) is 0. The van der Waals surface area contributed by atoms with Crippen LogP contribution in [0.1, 0.15) is 18.9 Å². The number of hydrazine groups is 1.